The molecule has 5 heteroatoms. The molecule has 0 aliphatic carbocycles. The maximum atomic E-state index is 12.2. The first kappa shape index (κ1) is 12.9. The number of carbonyl (C=O) groups excluding carboxylic acids is 1. The standard InChI is InChI=1S/C14H16BrNO3/c15-11-1-3-12(4-2-11)19-13-5-6-16(14(13)17)7-10-8-18-9-10/h1-4,10,13H,5-9H2/t13-/m1/s1. The van der Waals surface area contributed by atoms with Gasteiger partial charge in [0.2, 0.25) is 0 Å². The van der Waals surface area contributed by atoms with Gasteiger partial charge in [-0.1, -0.05) is 15.9 Å². The van der Waals surface area contributed by atoms with Gasteiger partial charge in [0.05, 0.1) is 13.2 Å². The maximum Gasteiger partial charge on any atom is 0.263 e. The van der Waals surface area contributed by atoms with Crippen LogP contribution in [-0.4, -0.2) is 43.2 Å². The number of carbonyl (C=O) groups is 1. The lowest BCUT2D eigenvalue weighted by Gasteiger charge is -2.30. The van der Waals surface area contributed by atoms with Crippen molar-refractivity contribution in [1.29, 1.82) is 0 Å². The van der Waals surface area contributed by atoms with E-state index in [1.807, 2.05) is 29.2 Å². The average Bonchev–Trinajstić information content (AvgIpc) is 2.69. The van der Waals surface area contributed by atoms with Gasteiger partial charge in [-0.2, -0.15) is 0 Å². The fraction of sp³-hybridized carbons (Fsp3) is 0.500. The van der Waals surface area contributed by atoms with Gasteiger partial charge in [0.15, 0.2) is 6.10 Å². The van der Waals surface area contributed by atoms with Gasteiger partial charge in [-0.15, -0.1) is 0 Å². The van der Waals surface area contributed by atoms with Crippen molar-refractivity contribution >= 4 is 21.8 Å². The molecule has 4 nitrogen and oxygen atoms in total. The number of halogens is 1. The van der Waals surface area contributed by atoms with E-state index in [-0.39, 0.29) is 12.0 Å². The normalized spacial score (nSPS) is 23.5. The van der Waals surface area contributed by atoms with Crippen LogP contribution in [-0.2, 0) is 9.53 Å². The summed E-state index contributed by atoms with van der Waals surface area (Å²) < 4.78 is 11.9. The molecule has 0 N–H and O–H groups in total. The molecule has 102 valence electrons. The average molecular weight is 326 g/mol. The van der Waals surface area contributed by atoms with Gasteiger partial charge < -0.3 is 14.4 Å². The Morgan fingerprint density at radius 2 is 2.05 bits per heavy atom. The van der Waals surface area contributed by atoms with Crippen LogP contribution in [0.5, 0.6) is 5.75 Å². The smallest absolute Gasteiger partial charge is 0.263 e. The van der Waals surface area contributed by atoms with Crippen LogP contribution in [0.4, 0.5) is 0 Å². The molecule has 1 atom stereocenters. The van der Waals surface area contributed by atoms with Crippen LogP contribution in [0.2, 0.25) is 0 Å². The van der Waals surface area contributed by atoms with Crippen molar-refractivity contribution in [2.45, 2.75) is 12.5 Å². The largest absolute Gasteiger partial charge is 0.481 e. The predicted octanol–water partition coefficient (Wildman–Crippen LogP) is 2.08. The lowest BCUT2D eigenvalue weighted by molar-refractivity contribution is -0.136. The van der Waals surface area contributed by atoms with Crippen molar-refractivity contribution in [3.05, 3.63) is 28.7 Å². The van der Waals surface area contributed by atoms with Crippen LogP contribution in [0, 0.1) is 5.92 Å². The van der Waals surface area contributed by atoms with Crippen LogP contribution in [0.15, 0.2) is 28.7 Å². The Kier molecular flexibility index (Phi) is 3.75. The summed E-state index contributed by atoms with van der Waals surface area (Å²) >= 11 is 3.38. The third kappa shape index (κ3) is 2.92. The van der Waals surface area contributed by atoms with Gasteiger partial charge >= 0.3 is 0 Å². The van der Waals surface area contributed by atoms with E-state index < -0.39 is 0 Å². The zero-order valence-corrected chi connectivity index (χ0v) is 12.1. The predicted molar refractivity (Wildman–Crippen MR) is 74.1 cm³/mol. The topological polar surface area (TPSA) is 38.8 Å². The second-order valence-electron chi connectivity index (χ2n) is 5.04. The summed E-state index contributed by atoms with van der Waals surface area (Å²) in [5.41, 5.74) is 0. The molecular weight excluding hydrogens is 310 g/mol. The second kappa shape index (κ2) is 5.51. The second-order valence-corrected chi connectivity index (χ2v) is 5.95. The van der Waals surface area contributed by atoms with Crippen molar-refractivity contribution in [2.75, 3.05) is 26.3 Å². The van der Waals surface area contributed by atoms with E-state index in [9.17, 15) is 4.79 Å². The molecule has 19 heavy (non-hydrogen) atoms. The highest BCUT2D eigenvalue weighted by Crippen LogP contribution is 2.23. The zero-order chi connectivity index (χ0) is 13.2. The fourth-order valence-electron chi connectivity index (χ4n) is 2.38. The van der Waals surface area contributed by atoms with Crippen molar-refractivity contribution < 1.29 is 14.3 Å². The lowest BCUT2D eigenvalue weighted by Crippen LogP contribution is -2.42. The van der Waals surface area contributed by atoms with E-state index >= 15 is 0 Å². The Morgan fingerprint density at radius 1 is 1.32 bits per heavy atom. The van der Waals surface area contributed by atoms with E-state index in [2.05, 4.69) is 15.9 Å². The van der Waals surface area contributed by atoms with Gasteiger partial charge in [-0.3, -0.25) is 4.79 Å². The number of likely N-dealkylation sites (tertiary alicyclic amines) is 1. The van der Waals surface area contributed by atoms with E-state index in [1.54, 1.807) is 0 Å². The molecule has 0 radical (unpaired) electrons. The third-order valence-electron chi connectivity index (χ3n) is 3.53. The number of hydrogen-bond acceptors (Lipinski definition) is 3. The third-order valence-corrected chi connectivity index (χ3v) is 4.05. The Labute approximate surface area is 120 Å². The molecule has 3 rings (SSSR count). The van der Waals surface area contributed by atoms with Crippen molar-refractivity contribution in [1.82, 2.24) is 4.90 Å². The highest BCUT2D eigenvalue weighted by atomic mass is 79.9. The van der Waals surface area contributed by atoms with Crippen molar-refractivity contribution in [3.63, 3.8) is 0 Å². The molecule has 2 heterocycles. The molecule has 0 aromatic heterocycles. The van der Waals surface area contributed by atoms with Crippen molar-refractivity contribution in [3.8, 4) is 5.75 Å². The Bertz CT molecular complexity index is 458. The molecule has 0 spiro atoms. The van der Waals surface area contributed by atoms with E-state index in [0.29, 0.717) is 5.92 Å². The zero-order valence-electron chi connectivity index (χ0n) is 10.5. The summed E-state index contributed by atoms with van der Waals surface area (Å²) in [6, 6.07) is 7.58. The summed E-state index contributed by atoms with van der Waals surface area (Å²) in [5.74, 6) is 1.36. The minimum absolute atomic E-state index is 0.106. The minimum atomic E-state index is -0.331. The monoisotopic (exact) mass is 325 g/mol. The quantitative estimate of drug-likeness (QED) is 0.850. The van der Waals surface area contributed by atoms with Crippen LogP contribution in [0.1, 0.15) is 6.42 Å². The molecule has 2 fully saturated rings. The van der Waals surface area contributed by atoms with E-state index in [4.69, 9.17) is 9.47 Å². The van der Waals surface area contributed by atoms with Crippen molar-refractivity contribution in [2.24, 2.45) is 5.92 Å². The molecule has 2 aliphatic heterocycles. The molecule has 2 aliphatic rings. The molecule has 1 amide bonds. The Morgan fingerprint density at radius 3 is 2.68 bits per heavy atom. The van der Waals surface area contributed by atoms with Gasteiger partial charge in [0.1, 0.15) is 5.75 Å². The van der Waals surface area contributed by atoms with Crippen LogP contribution in [0.25, 0.3) is 0 Å². The number of benzene rings is 1. The van der Waals surface area contributed by atoms with Crippen LogP contribution < -0.4 is 4.74 Å². The van der Waals surface area contributed by atoms with Crippen LogP contribution in [0.3, 0.4) is 0 Å². The number of nitrogens with zero attached hydrogens (tertiary/aromatic N) is 1. The van der Waals surface area contributed by atoms with Gasteiger partial charge in [-0.05, 0) is 24.3 Å². The SMILES string of the molecule is O=C1[C@H](Oc2ccc(Br)cc2)CCN1CC1COC1. The number of amides is 1. The minimum Gasteiger partial charge on any atom is -0.481 e. The van der Waals surface area contributed by atoms with Gasteiger partial charge in [-0.25, -0.2) is 0 Å². The highest BCUT2D eigenvalue weighted by molar-refractivity contribution is 9.10. The molecule has 0 unspecified atom stereocenters. The summed E-state index contributed by atoms with van der Waals surface area (Å²) in [4.78, 5) is 14.1. The summed E-state index contributed by atoms with van der Waals surface area (Å²) in [5, 5.41) is 0. The maximum absolute atomic E-state index is 12.2. The summed E-state index contributed by atoms with van der Waals surface area (Å²) in [6.07, 6.45) is 0.435. The first-order valence-corrected chi connectivity index (χ1v) is 7.30. The molecule has 0 saturated carbocycles. The number of hydrogen-bond donors (Lipinski definition) is 0. The van der Waals surface area contributed by atoms with Crippen LogP contribution >= 0.6 is 15.9 Å². The first-order valence-electron chi connectivity index (χ1n) is 6.51. The first-order chi connectivity index (χ1) is 9.22. The van der Waals surface area contributed by atoms with E-state index in [0.717, 1.165) is 42.9 Å². The molecule has 1 aromatic carbocycles. The molecule has 1 aromatic rings. The molecular formula is C14H16BrNO3. The molecule has 2 saturated heterocycles. The summed E-state index contributed by atoms with van der Waals surface area (Å²) in [7, 11) is 0. The summed E-state index contributed by atoms with van der Waals surface area (Å²) in [6.45, 7) is 3.15. The number of ether oxygens (including phenoxy) is 2. The molecule has 0 bridgehead atoms. The highest BCUT2D eigenvalue weighted by Gasteiger charge is 2.35. The Hall–Kier alpha value is -1.07. The lowest BCUT2D eigenvalue weighted by atomic mass is 10.1. The Balaban J connectivity index is 1.57. The van der Waals surface area contributed by atoms with E-state index in [1.165, 1.54) is 0 Å². The van der Waals surface area contributed by atoms with Gasteiger partial charge in [0.25, 0.3) is 5.91 Å². The number of rotatable bonds is 4. The van der Waals surface area contributed by atoms with Gasteiger partial charge in [0, 0.05) is 29.9 Å². The fourth-order valence-corrected chi connectivity index (χ4v) is 2.64.